The van der Waals surface area contributed by atoms with Gasteiger partial charge in [0.05, 0.1) is 18.7 Å². The van der Waals surface area contributed by atoms with Gasteiger partial charge in [-0.25, -0.2) is 0 Å². The molecule has 2 heterocycles. The van der Waals surface area contributed by atoms with Crippen LogP contribution in [0.4, 0.5) is 0 Å². The molecule has 130 valence electrons. The first-order chi connectivity index (χ1) is 12.0. The Bertz CT molecular complexity index is 761. The highest BCUT2D eigenvalue weighted by molar-refractivity contribution is 5.95. The van der Waals surface area contributed by atoms with E-state index in [0.717, 1.165) is 5.69 Å². The summed E-state index contributed by atoms with van der Waals surface area (Å²) >= 11 is 0. The van der Waals surface area contributed by atoms with E-state index in [1.165, 1.54) is 5.56 Å². The van der Waals surface area contributed by atoms with Crippen molar-refractivity contribution in [1.29, 1.82) is 0 Å². The average molecular weight is 339 g/mol. The Hall–Kier alpha value is -2.73. The maximum Gasteiger partial charge on any atom is 0.255 e. The molecule has 0 unspecified atom stereocenters. The van der Waals surface area contributed by atoms with E-state index in [2.05, 4.69) is 4.98 Å². The van der Waals surface area contributed by atoms with E-state index in [0.29, 0.717) is 18.5 Å². The lowest BCUT2D eigenvalue weighted by Gasteiger charge is -2.38. The van der Waals surface area contributed by atoms with Gasteiger partial charge in [0, 0.05) is 24.9 Å². The van der Waals surface area contributed by atoms with Gasteiger partial charge >= 0.3 is 0 Å². The van der Waals surface area contributed by atoms with Crippen molar-refractivity contribution in [1.82, 2.24) is 9.88 Å². The summed E-state index contributed by atoms with van der Waals surface area (Å²) in [7, 11) is 0. The van der Waals surface area contributed by atoms with Crippen LogP contribution in [-0.4, -0.2) is 47.0 Å². The van der Waals surface area contributed by atoms with Gasteiger partial charge in [0.25, 0.3) is 11.8 Å². The van der Waals surface area contributed by atoms with Gasteiger partial charge in [0.2, 0.25) is 0 Å². The summed E-state index contributed by atoms with van der Waals surface area (Å²) in [5.41, 5.74) is 6.79. The fraction of sp³-hybridized carbons (Fsp3) is 0.316. The number of morpholine rings is 1. The maximum absolute atomic E-state index is 12.7. The Morgan fingerprint density at radius 1 is 1.24 bits per heavy atom. The highest BCUT2D eigenvalue weighted by Crippen LogP contribution is 2.19. The molecule has 2 N–H and O–H groups in total. The molecule has 25 heavy (non-hydrogen) atoms. The zero-order valence-electron chi connectivity index (χ0n) is 14.1. The van der Waals surface area contributed by atoms with Crippen molar-refractivity contribution < 1.29 is 14.3 Å². The topological polar surface area (TPSA) is 85.5 Å². The number of pyridine rings is 1. The van der Waals surface area contributed by atoms with Crippen LogP contribution >= 0.6 is 0 Å². The zero-order chi connectivity index (χ0) is 17.9. The highest BCUT2D eigenvalue weighted by Gasteiger charge is 2.39. The normalized spacial score (nSPS) is 20.3. The van der Waals surface area contributed by atoms with E-state index in [1.54, 1.807) is 24.1 Å². The van der Waals surface area contributed by atoms with Gasteiger partial charge in [-0.15, -0.1) is 0 Å². The fourth-order valence-corrected chi connectivity index (χ4v) is 2.84. The quantitative estimate of drug-likeness (QED) is 0.912. The van der Waals surface area contributed by atoms with Gasteiger partial charge in [-0.2, -0.15) is 0 Å². The molecule has 6 heteroatoms. The molecule has 1 aromatic heterocycles. The highest BCUT2D eigenvalue weighted by atomic mass is 16.5. The molecule has 0 spiro atoms. The Labute approximate surface area is 146 Å². The molecule has 1 aromatic carbocycles. The van der Waals surface area contributed by atoms with Gasteiger partial charge < -0.3 is 15.4 Å². The first kappa shape index (κ1) is 17.1. The minimum atomic E-state index is -1.14. The number of hydrogen-bond acceptors (Lipinski definition) is 4. The average Bonchev–Trinajstić information content (AvgIpc) is 2.62. The Morgan fingerprint density at radius 3 is 2.64 bits per heavy atom. The molecule has 1 aliphatic rings. The van der Waals surface area contributed by atoms with E-state index in [4.69, 9.17) is 10.5 Å². The Kier molecular flexibility index (Phi) is 4.81. The predicted octanol–water partition coefficient (Wildman–Crippen LogP) is 1.39. The lowest BCUT2D eigenvalue weighted by Crippen LogP contribution is -2.58. The van der Waals surface area contributed by atoms with Crippen molar-refractivity contribution in [3.63, 3.8) is 0 Å². The van der Waals surface area contributed by atoms with Gasteiger partial charge in [-0.3, -0.25) is 14.6 Å². The third-order valence-corrected chi connectivity index (χ3v) is 4.38. The van der Waals surface area contributed by atoms with Gasteiger partial charge in [-0.1, -0.05) is 30.3 Å². The number of ether oxygens (including phenoxy) is 1. The van der Waals surface area contributed by atoms with E-state index in [9.17, 15) is 9.59 Å². The van der Waals surface area contributed by atoms with Crippen LogP contribution in [0.3, 0.4) is 0 Å². The summed E-state index contributed by atoms with van der Waals surface area (Å²) in [6, 6.07) is 13.7. The smallest absolute Gasteiger partial charge is 0.255 e. The second-order valence-corrected chi connectivity index (χ2v) is 6.37. The number of benzene rings is 1. The number of carbonyl (C=O) groups excluding carboxylic acids is 2. The second-order valence-electron chi connectivity index (χ2n) is 6.37. The van der Waals surface area contributed by atoms with Crippen molar-refractivity contribution in [3.05, 3.63) is 65.5 Å². The predicted molar refractivity (Wildman–Crippen MR) is 92.9 cm³/mol. The van der Waals surface area contributed by atoms with Crippen LogP contribution in [0, 0.1) is 0 Å². The minimum Gasteiger partial charge on any atom is -0.367 e. The van der Waals surface area contributed by atoms with Crippen LogP contribution in [0.5, 0.6) is 0 Å². The largest absolute Gasteiger partial charge is 0.367 e. The monoisotopic (exact) mass is 339 g/mol. The number of primary amides is 1. The molecule has 6 nitrogen and oxygen atoms in total. The molecular formula is C19H21N3O3. The number of carbonyl (C=O) groups is 2. The molecule has 1 fully saturated rings. The SMILES string of the molecule is C[C@]1(C(N)=O)CN(C(=O)c2ccc(Cc3ccccc3)nc2)CCO1. The summed E-state index contributed by atoms with van der Waals surface area (Å²) in [6.45, 7) is 2.46. The molecule has 1 saturated heterocycles. The molecule has 1 aliphatic heterocycles. The fourth-order valence-electron chi connectivity index (χ4n) is 2.84. The Morgan fingerprint density at radius 2 is 2.00 bits per heavy atom. The molecule has 0 saturated carbocycles. The van der Waals surface area contributed by atoms with Crippen molar-refractivity contribution >= 4 is 11.8 Å². The van der Waals surface area contributed by atoms with E-state index in [-0.39, 0.29) is 19.1 Å². The summed E-state index contributed by atoms with van der Waals surface area (Å²) in [4.78, 5) is 30.2. The third-order valence-electron chi connectivity index (χ3n) is 4.38. The second kappa shape index (κ2) is 7.03. The van der Waals surface area contributed by atoms with E-state index < -0.39 is 11.5 Å². The van der Waals surface area contributed by atoms with Crippen LogP contribution in [-0.2, 0) is 16.0 Å². The lowest BCUT2D eigenvalue weighted by atomic mass is 10.0. The van der Waals surface area contributed by atoms with Crippen molar-refractivity contribution in [3.8, 4) is 0 Å². The van der Waals surface area contributed by atoms with Crippen molar-refractivity contribution in [2.45, 2.75) is 18.9 Å². The van der Waals surface area contributed by atoms with Crippen LogP contribution < -0.4 is 5.73 Å². The lowest BCUT2D eigenvalue weighted by molar-refractivity contribution is -0.150. The molecule has 0 radical (unpaired) electrons. The van der Waals surface area contributed by atoms with Crippen LogP contribution in [0.2, 0.25) is 0 Å². The van der Waals surface area contributed by atoms with E-state index >= 15 is 0 Å². The zero-order valence-corrected chi connectivity index (χ0v) is 14.1. The number of nitrogens with zero attached hydrogens (tertiary/aromatic N) is 2. The van der Waals surface area contributed by atoms with Crippen molar-refractivity contribution in [2.75, 3.05) is 19.7 Å². The molecule has 3 rings (SSSR count). The van der Waals surface area contributed by atoms with E-state index in [1.807, 2.05) is 36.4 Å². The van der Waals surface area contributed by atoms with Crippen molar-refractivity contribution in [2.24, 2.45) is 5.73 Å². The number of aromatic nitrogens is 1. The molecule has 2 aromatic rings. The first-order valence-corrected chi connectivity index (χ1v) is 8.20. The van der Waals surface area contributed by atoms with Crippen LogP contribution in [0.1, 0.15) is 28.5 Å². The van der Waals surface area contributed by atoms with Gasteiger partial charge in [0.15, 0.2) is 5.60 Å². The number of hydrogen-bond donors (Lipinski definition) is 1. The standard InChI is InChI=1S/C19H21N3O3/c1-19(18(20)24)13-22(9-10-25-19)17(23)15-7-8-16(21-12-15)11-14-5-3-2-4-6-14/h2-8,12H,9-11,13H2,1H3,(H2,20,24)/t19-/m1/s1. The molecule has 0 aliphatic carbocycles. The summed E-state index contributed by atoms with van der Waals surface area (Å²) < 4.78 is 5.44. The number of nitrogens with two attached hydrogens (primary N) is 1. The molecular weight excluding hydrogens is 318 g/mol. The number of amides is 2. The third kappa shape index (κ3) is 3.85. The summed E-state index contributed by atoms with van der Waals surface area (Å²) in [5, 5.41) is 0. The van der Waals surface area contributed by atoms with Gasteiger partial charge in [-0.05, 0) is 24.6 Å². The Balaban J connectivity index is 1.69. The minimum absolute atomic E-state index is 0.146. The molecule has 0 bridgehead atoms. The summed E-state index contributed by atoms with van der Waals surface area (Å²) in [6.07, 6.45) is 2.30. The number of rotatable bonds is 4. The van der Waals surface area contributed by atoms with Gasteiger partial charge in [0.1, 0.15) is 0 Å². The van der Waals surface area contributed by atoms with Crippen LogP contribution in [0.15, 0.2) is 48.7 Å². The maximum atomic E-state index is 12.7. The van der Waals surface area contributed by atoms with Crippen LogP contribution in [0.25, 0.3) is 0 Å². The first-order valence-electron chi connectivity index (χ1n) is 8.20. The molecule has 1 atom stereocenters. The molecule has 2 amide bonds. The summed E-state index contributed by atoms with van der Waals surface area (Å²) in [5.74, 6) is -0.740.